The first-order valence-corrected chi connectivity index (χ1v) is 12.7. The second-order valence-corrected chi connectivity index (χ2v) is 12.0. The average Bonchev–Trinajstić information content (AvgIpc) is 3.59. The molecule has 32 heavy (non-hydrogen) atoms. The van der Waals surface area contributed by atoms with E-state index in [-0.39, 0.29) is 41.5 Å². The van der Waals surface area contributed by atoms with E-state index in [0.717, 1.165) is 17.6 Å². The topological polar surface area (TPSA) is 143 Å². The summed E-state index contributed by atoms with van der Waals surface area (Å²) < 4.78 is 46.4. The van der Waals surface area contributed by atoms with E-state index in [1.165, 1.54) is 0 Å². The molecule has 5 fully saturated rings. The molecule has 3 saturated heterocycles. The maximum Gasteiger partial charge on any atom is 0.334 e. The third-order valence-electron chi connectivity index (χ3n) is 9.52. The molecule has 7 rings (SSSR count). The average molecular weight is 469 g/mol. The lowest BCUT2D eigenvalue weighted by Crippen LogP contribution is -2.69. The molecule has 0 bridgehead atoms. The summed E-state index contributed by atoms with van der Waals surface area (Å²) in [7, 11) is -4.93. The third-order valence-corrected chi connectivity index (χ3v) is 9.95. The van der Waals surface area contributed by atoms with Crippen LogP contribution in [-0.4, -0.2) is 65.5 Å². The molecule has 3 aliphatic carbocycles. The molecule has 4 aliphatic heterocycles. The molecular formula is C21H26O10P-. The lowest BCUT2D eigenvalue weighted by Gasteiger charge is -2.54. The fraction of sp³-hybridized carbons (Fsp3) is 0.857. The van der Waals surface area contributed by atoms with Crippen molar-refractivity contribution in [3.8, 4) is 0 Å². The van der Waals surface area contributed by atoms with E-state index in [1.54, 1.807) is 0 Å². The minimum absolute atomic E-state index is 0.0687. The minimum atomic E-state index is -4.93. The van der Waals surface area contributed by atoms with E-state index >= 15 is 0 Å². The van der Waals surface area contributed by atoms with Gasteiger partial charge in [-0.25, -0.2) is 4.79 Å². The quantitative estimate of drug-likeness (QED) is 0.263. The van der Waals surface area contributed by atoms with Gasteiger partial charge in [-0.3, -0.25) is 9.09 Å². The molecular weight excluding hydrogens is 443 g/mol. The zero-order valence-electron chi connectivity index (χ0n) is 18.1. The van der Waals surface area contributed by atoms with E-state index in [2.05, 4.69) is 11.4 Å². The highest BCUT2D eigenvalue weighted by Gasteiger charge is 3.00. The molecule has 0 radical (unpaired) electrons. The molecule has 176 valence electrons. The molecule has 0 aromatic heterocycles. The lowest BCUT2D eigenvalue weighted by molar-refractivity contribution is -0.235. The summed E-state index contributed by atoms with van der Waals surface area (Å²) in [5.74, 6) is -0.0391. The highest BCUT2D eigenvalue weighted by atomic mass is 31.2. The number of carbonyl (C=O) groups excluding carboxylic acids is 1. The Morgan fingerprint density at radius 1 is 1.28 bits per heavy atom. The summed E-state index contributed by atoms with van der Waals surface area (Å²) in [6.45, 7) is 5.99. The molecule has 10 atom stereocenters. The number of hydrogen-bond acceptors (Lipinski definition) is 9. The van der Waals surface area contributed by atoms with Crippen LogP contribution in [0.5, 0.6) is 0 Å². The predicted octanol–water partition coefficient (Wildman–Crippen LogP) is 0.562. The number of phosphoric ester groups is 1. The van der Waals surface area contributed by atoms with Crippen LogP contribution in [-0.2, 0) is 37.6 Å². The van der Waals surface area contributed by atoms with Gasteiger partial charge in [0.05, 0.1) is 6.10 Å². The van der Waals surface area contributed by atoms with E-state index in [1.807, 2.05) is 13.8 Å². The summed E-state index contributed by atoms with van der Waals surface area (Å²) in [5.41, 5.74) is -0.531. The smallest absolute Gasteiger partial charge is 0.334 e. The van der Waals surface area contributed by atoms with Crippen molar-refractivity contribution >= 4 is 13.8 Å². The number of phosphoric acid groups is 1. The SMILES string of the molecule is CC(C)[C@]12O[C@H]1[C@@H]1O[C@]13[C@]1(O[C@H]1C[C@H]1C4=C(CC[C@@]13C)C(=O)OC4)[C@@H]2OCOP(=O)([O-])O. The molecule has 1 N–H and O–H groups in total. The molecule has 2 spiro atoms. The van der Waals surface area contributed by atoms with Gasteiger partial charge in [-0.05, 0) is 36.7 Å². The van der Waals surface area contributed by atoms with Gasteiger partial charge in [0, 0.05) is 11.0 Å². The van der Waals surface area contributed by atoms with Gasteiger partial charge in [0.15, 0.2) is 12.4 Å². The van der Waals surface area contributed by atoms with Crippen LogP contribution in [0.4, 0.5) is 0 Å². The van der Waals surface area contributed by atoms with Gasteiger partial charge in [0.25, 0.3) is 7.82 Å². The van der Waals surface area contributed by atoms with E-state index in [0.29, 0.717) is 19.4 Å². The van der Waals surface area contributed by atoms with Gasteiger partial charge in [0.2, 0.25) is 0 Å². The number of carbonyl (C=O) groups is 1. The van der Waals surface area contributed by atoms with Gasteiger partial charge in [-0.2, -0.15) is 0 Å². The Kier molecular flexibility index (Phi) is 3.65. The Labute approximate surface area is 184 Å². The molecule has 10 nitrogen and oxygen atoms in total. The monoisotopic (exact) mass is 469 g/mol. The molecule has 1 unspecified atom stereocenters. The zero-order chi connectivity index (χ0) is 22.5. The van der Waals surface area contributed by atoms with Crippen LogP contribution in [0.15, 0.2) is 11.1 Å². The van der Waals surface area contributed by atoms with Crippen molar-refractivity contribution in [1.82, 2.24) is 0 Å². The van der Waals surface area contributed by atoms with Gasteiger partial charge in [-0.1, -0.05) is 20.8 Å². The summed E-state index contributed by atoms with van der Waals surface area (Å²) in [4.78, 5) is 32.4. The van der Waals surface area contributed by atoms with Crippen molar-refractivity contribution in [3.05, 3.63) is 11.1 Å². The second-order valence-electron chi connectivity index (χ2n) is 10.8. The minimum Gasteiger partial charge on any atom is -0.756 e. The molecule has 0 aromatic rings. The second kappa shape index (κ2) is 5.69. The van der Waals surface area contributed by atoms with Gasteiger partial charge < -0.3 is 33.5 Å². The number of hydrogen-bond donors (Lipinski definition) is 1. The predicted molar refractivity (Wildman–Crippen MR) is 102 cm³/mol. The van der Waals surface area contributed by atoms with E-state index in [9.17, 15) is 14.3 Å². The van der Waals surface area contributed by atoms with Crippen LogP contribution >= 0.6 is 7.82 Å². The van der Waals surface area contributed by atoms with Gasteiger partial charge in [-0.15, -0.1) is 0 Å². The molecule has 7 aliphatic rings. The highest BCUT2D eigenvalue weighted by Crippen LogP contribution is 2.83. The molecule has 11 heteroatoms. The molecule has 0 amide bonds. The van der Waals surface area contributed by atoms with Crippen molar-refractivity contribution in [2.24, 2.45) is 17.3 Å². The normalized spacial score (nSPS) is 55.6. The number of epoxide rings is 3. The highest BCUT2D eigenvalue weighted by molar-refractivity contribution is 7.44. The van der Waals surface area contributed by atoms with Crippen LogP contribution in [0.2, 0.25) is 0 Å². The van der Waals surface area contributed by atoms with Crippen molar-refractivity contribution in [1.29, 1.82) is 0 Å². The molecule has 2 saturated carbocycles. The first-order valence-electron chi connectivity index (χ1n) is 11.3. The number of fused-ring (bicyclic) bond motifs is 4. The van der Waals surface area contributed by atoms with Crippen LogP contribution in [0, 0.1) is 17.3 Å². The Morgan fingerprint density at radius 2 is 2.06 bits per heavy atom. The van der Waals surface area contributed by atoms with E-state index in [4.69, 9.17) is 28.6 Å². The number of esters is 1. The maximum absolute atomic E-state index is 12.2. The van der Waals surface area contributed by atoms with Gasteiger partial charge in [0.1, 0.15) is 36.1 Å². The Hall–Kier alpha value is -0.840. The zero-order valence-corrected chi connectivity index (χ0v) is 19.0. The summed E-state index contributed by atoms with van der Waals surface area (Å²) in [5, 5.41) is 0. The molecule has 4 heterocycles. The summed E-state index contributed by atoms with van der Waals surface area (Å²) in [6, 6.07) is 0. The standard InChI is InChI=1S/C21H27O10P/c1-9(2)19-14(30-19)15-21(31-15)18(3)5-4-10-11(7-26-16(10)22)12(18)6-13-20(21,29-13)17(19)27-8-28-32(23,24)25/h9,12-15,17H,4-8H2,1-3H3,(H2,23,24,25)/p-1/t12-,13-,14-,15-,17+,18-,19-,20+,21+/m0/s1. The van der Waals surface area contributed by atoms with Crippen LogP contribution in [0.1, 0.15) is 40.0 Å². The van der Waals surface area contributed by atoms with E-state index < -0.39 is 37.5 Å². The van der Waals surface area contributed by atoms with Crippen LogP contribution in [0.25, 0.3) is 0 Å². The first kappa shape index (κ1) is 20.5. The fourth-order valence-corrected chi connectivity index (χ4v) is 8.28. The van der Waals surface area contributed by atoms with Crippen molar-refractivity contribution in [3.63, 3.8) is 0 Å². The Balaban J connectivity index is 1.30. The fourth-order valence-electron chi connectivity index (χ4n) is 8.08. The van der Waals surface area contributed by atoms with Crippen molar-refractivity contribution < 1.29 is 47.4 Å². The third kappa shape index (κ3) is 2.05. The number of ether oxygens (including phenoxy) is 5. The van der Waals surface area contributed by atoms with Gasteiger partial charge >= 0.3 is 5.97 Å². The Bertz CT molecular complexity index is 1020. The van der Waals surface area contributed by atoms with Crippen molar-refractivity contribution in [2.75, 3.05) is 13.4 Å². The number of cyclic esters (lactones) is 1. The van der Waals surface area contributed by atoms with Crippen LogP contribution < -0.4 is 4.89 Å². The van der Waals surface area contributed by atoms with Crippen molar-refractivity contribution in [2.45, 2.75) is 81.3 Å². The lowest BCUT2D eigenvalue weighted by atomic mass is 9.46. The largest absolute Gasteiger partial charge is 0.756 e. The molecule has 0 aromatic carbocycles. The van der Waals surface area contributed by atoms with Crippen LogP contribution in [0.3, 0.4) is 0 Å². The Morgan fingerprint density at radius 3 is 2.78 bits per heavy atom. The number of rotatable bonds is 5. The summed E-state index contributed by atoms with van der Waals surface area (Å²) in [6.07, 6.45) is 0.993. The summed E-state index contributed by atoms with van der Waals surface area (Å²) >= 11 is 0. The maximum atomic E-state index is 12.2. The first-order chi connectivity index (χ1) is 15.0.